The molecule has 3 N–H and O–H groups in total. The van der Waals surface area contributed by atoms with E-state index in [4.69, 9.17) is 0 Å². The Balaban J connectivity index is 1.65. The highest BCUT2D eigenvalue weighted by molar-refractivity contribution is 5.94. The molecule has 1 aromatic carbocycles. The molecular weight excluding hydrogens is 354 g/mol. The largest absolute Gasteiger partial charge is 0.393 e. The van der Waals surface area contributed by atoms with Gasteiger partial charge in [0, 0.05) is 28.9 Å². The molecule has 3 aromatic rings. The molecule has 1 amide bonds. The van der Waals surface area contributed by atoms with Crippen LogP contribution in [0.1, 0.15) is 47.4 Å². The Bertz CT molecular complexity index is 1070. The van der Waals surface area contributed by atoms with Crippen LogP contribution in [-0.4, -0.2) is 27.1 Å². The first kappa shape index (κ1) is 18.4. The Hall–Kier alpha value is -2.99. The van der Waals surface area contributed by atoms with Crippen LogP contribution in [0.4, 0.5) is 0 Å². The summed E-state index contributed by atoms with van der Waals surface area (Å²) >= 11 is 0. The maximum atomic E-state index is 12.9. The van der Waals surface area contributed by atoms with Gasteiger partial charge in [-0.25, -0.2) is 0 Å². The fourth-order valence-corrected chi connectivity index (χ4v) is 3.78. The van der Waals surface area contributed by atoms with Gasteiger partial charge in [0.05, 0.1) is 17.7 Å². The third-order valence-electron chi connectivity index (χ3n) is 5.42. The summed E-state index contributed by atoms with van der Waals surface area (Å²) in [5.74, 6) is -0.157. The first-order chi connectivity index (χ1) is 13.5. The highest BCUT2D eigenvalue weighted by Crippen LogP contribution is 2.38. The highest BCUT2D eigenvalue weighted by atomic mass is 16.3. The van der Waals surface area contributed by atoms with Crippen LogP contribution in [0.15, 0.2) is 53.5 Å². The van der Waals surface area contributed by atoms with Gasteiger partial charge in [0.25, 0.3) is 5.91 Å². The Labute approximate surface area is 162 Å². The fourth-order valence-electron chi connectivity index (χ4n) is 3.78. The van der Waals surface area contributed by atoms with Gasteiger partial charge in [-0.15, -0.1) is 0 Å². The van der Waals surface area contributed by atoms with Crippen LogP contribution in [0.25, 0.3) is 10.9 Å². The molecule has 1 aliphatic rings. The van der Waals surface area contributed by atoms with Gasteiger partial charge in [0.2, 0.25) is 5.56 Å². The molecule has 1 atom stereocenters. The van der Waals surface area contributed by atoms with E-state index in [2.05, 4.69) is 15.3 Å². The molecule has 6 nitrogen and oxygen atoms in total. The summed E-state index contributed by atoms with van der Waals surface area (Å²) in [5.41, 5.74) is 2.59. The van der Waals surface area contributed by atoms with E-state index in [9.17, 15) is 14.7 Å². The Morgan fingerprint density at radius 2 is 2.07 bits per heavy atom. The quantitative estimate of drug-likeness (QED) is 0.637. The number of aromatic amines is 1. The molecule has 1 aliphatic carbocycles. The van der Waals surface area contributed by atoms with Crippen molar-refractivity contribution in [2.75, 3.05) is 0 Å². The molecule has 6 heteroatoms. The molecular formula is C22H23N3O3. The van der Waals surface area contributed by atoms with Gasteiger partial charge in [-0.05, 0) is 48.9 Å². The lowest BCUT2D eigenvalue weighted by molar-refractivity contribution is 0.0235. The third-order valence-corrected chi connectivity index (χ3v) is 5.42. The lowest BCUT2D eigenvalue weighted by atomic mass is 9.75. The van der Waals surface area contributed by atoms with Gasteiger partial charge in [-0.3, -0.25) is 14.6 Å². The predicted octanol–water partition coefficient (Wildman–Crippen LogP) is 2.73. The summed E-state index contributed by atoms with van der Waals surface area (Å²) in [6, 6.07) is 12.6. The maximum absolute atomic E-state index is 12.9. The number of pyridine rings is 2. The fraction of sp³-hybridized carbons (Fsp3) is 0.318. The molecule has 144 valence electrons. The Kier molecular flexibility index (Phi) is 4.96. The molecule has 0 radical (unpaired) electrons. The number of aliphatic hydroxyl groups is 1. The van der Waals surface area contributed by atoms with Crippen molar-refractivity contribution in [3.05, 3.63) is 75.8 Å². The van der Waals surface area contributed by atoms with Gasteiger partial charge in [-0.1, -0.05) is 25.1 Å². The number of para-hydroxylation sites is 1. The van der Waals surface area contributed by atoms with Crippen LogP contribution in [-0.2, 0) is 6.42 Å². The van der Waals surface area contributed by atoms with Crippen LogP contribution in [0.2, 0.25) is 0 Å². The minimum atomic E-state index is -0.330. The van der Waals surface area contributed by atoms with Gasteiger partial charge in [0.1, 0.15) is 0 Å². The van der Waals surface area contributed by atoms with E-state index in [1.807, 2.05) is 37.3 Å². The van der Waals surface area contributed by atoms with Gasteiger partial charge in [-0.2, -0.15) is 0 Å². The van der Waals surface area contributed by atoms with Crippen molar-refractivity contribution in [2.45, 2.75) is 38.3 Å². The van der Waals surface area contributed by atoms with Crippen LogP contribution < -0.4 is 10.9 Å². The molecule has 28 heavy (non-hydrogen) atoms. The molecule has 1 saturated carbocycles. The standard InChI is InChI=1S/C22H23N3O3/c1-2-17-8-15(11-20(27)24-17)22(28)25-21(14-9-18(26)10-14)16-7-13-5-3-4-6-19(13)23-12-16/h3-8,11-12,14,18,21,26H,2,9-10H2,1H3,(H,24,27)(H,25,28). The molecule has 1 fully saturated rings. The predicted molar refractivity (Wildman–Crippen MR) is 107 cm³/mol. The second-order valence-electron chi connectivity index (χ2n) is 7.41. The second kappa shape index (κ2) is 7.56. The zero-order valence-corrected chi connectivity index (χ0v) is 15.7. The summed E-state index contributed by atoms with van der Waals surface area (Å²) in [7, 11) is 0. The number of aromatic nitrogens is 2. The average molecular weight is 377 g/mol. The van der Waals surface area contributed by atoms with Crippen molar-refractivity contribution in [3.8, 4) is 0 Å². The molecule has 0 spiro atoms. The number of carbonyl (C=O) groups excluding carboxylic acids is 1. The number of carbonyl (C=O) groups is 1. The van der Waals surface area contributed by atoms with Crippen molar-refractivity contribution < 1.29 is 9.90 Å². The number of aryl methyl sites for hydroxylation is 1. The smallest absolute Gasteiger partial charge is 0.252 e. The third kappa shape index (κ3) is 3.68. The number of nitrogens with one attached hydrogen (secondary N) is 2. The van der Waals surface area contributed by atoms with Crippen LogP contribution in [0.5, 0.6) is 0 Å². The Morgan fingerprint density at radius 1 is 1.29 bits per heavy atom. The molecule has 2 aromatic heterocycles. The van der Waals surface area contributed by atoms with Crippen molar-refractivity contribution in [2.24, 2.45) is 5.92 Å². The van der Waals surface area contributed by atoms with Crippen molar-refractivity contribution in [1.29, 1.82) is 0 Å². The number of hydrogen-bond donors (Lipinski definition) is 3. The molecule has 0 bridgehead atoms. The number of amides is 1. The first-order valence-electron chi connectivity index (χ1n) is 9.60. The number of nitrogens with zero attached hydrogens (tertiary/aromatic N) is 1. The van der Waals surface area contributed by atoms with E-state index in [-0.39, 0.29) is 29.5 Å². The summed E-state index contributed by atoms with van der Waals surface area (Å²) in [5, 5.41) is 13.8. The zero-order chi connectivity index (χ0) is 19.7. The minimum absolute atomic E-state index is 0.134. The summed E-state index contributed by atoms with van der Waals surface area (Å²) in [6.07, 6.45) is 3.36. The highest BCUT2D eigenvalue weighted by Gasteiger charge is 2.36. The number of fused-ring (bicyclic) bond motifs is 1. The van der Waals surface area contributed by atoms with Crippen LogP contribution >= 0.6 is 0 Å². The van der Waals surface area contributed by atoms with Crippen molar-refractivity contribution >= 4 is 16.8 Å². The first-order valence-corrected chi connectivity index (χ1v) is 9.60. The molecule has 1 unspecified atom stereocenters. The number of H-pyrrole nitrogens is 1. The summed E-state index contributed by atoms with van der Waals surface area (Å²) in [6.45, 7) is 1.92. The normalized spacial score (nSPS) is 19.8. The van der Waals surface area contributed by atoms with E-state index in [1.54, 1.807) is 12.3 Å². The van der Waals surface area contributed by atoms with Gasteiger partial charge in [0.15, 0.2) is 0 Å². The zero-order valence-electron chi connectivity index (χ0n) is 15.7. The van der Waals surface area contributed by atoms with Crippen LogP contribution in [0.3, 0.4) is 0 Å². The average Bonchev–Trinajstić information content (AvgIpc) is 2.69. The summed E-state index contributed by atoms with van der Waals surface area (Å²) < 4.78 is 0. The second-order valence-corrected chi connectivity index (χ2v) is 7.41. The minimum Gasteiger partial charge on any atom is -0.393 e. The number of rotatable bonds is 5. The topological polar surface area (TPSA) is 95.1 Å². The lowest BCUT2D eigenvalue weighted by Crippen LogP contribution is -2.41. The monoisotopic (exact) mass is 377 g/mol. The molecule has 4 rings (SSSR count). The van der Waals surface area contributed by atoms with E-state index in [0.717, 1.165) is 22.2 Å². The van der Waals surface area contributed by atoms with Crippen molar-refractivity contribution in [1.82, 2.24) is 15.3 Å². The molecule has 0 saturated heterocycles. The molecule has 2 heterocycles. The number of benzene rings is 1. The van der Waals surface area contributed by atoms with E-state index < -0.39 is 0 Å². The lowest BCUT2D eigenvalue weighted by Gasteiger charge is -2.38. The van der Waals surface area contributed by atoms with E-state index in [1.165, 1.54) is 6.07 Å². The SMILES string of the molecule is CCc1cc(C(=O)NC(c2cnc3ccccc3c2)C2CC(O)C2)cc(=O)[nH]1. The number of hydrogen-bond acceptors (Lipinski definition) is 4. The van der Waals surface area contributed by atoms with Crippen molar-refractivity contribution in [3.63, 3.8) is 0 Å². The van der Waals surface area contributed by atoms with Crippen LogP contribution in [0, 0.1) is 5.92 Å². The maximum Gasteiger partial charge on any atom is 0.252 e. The van der Waals surface area contributed by atoms with Gasteiger partial charge >= 0.3 is 0 Å². The summed E-state index contributed by atoms with van der Waals surface area (Å²) in [4.78, 5) is 32.0. The molecule has 0 aliphatic heterocycles. The van der Waals surface area contributed by atoms with Gasteiger partial charge < -0.3 is 15.4 Å². The van der Waals surface area contributed by atoms with E-state index in [0.29, 0.717) is 24.8 Å². The Morgan fingerprint density at radius 3 is 2.82 bits per heavy atom. The van der Waals surface area contributed by atoms with E-state index >= 15 is 0 Å². The number of aliphatic hydroxyl groups excluding tert-OH is 1.